The first-order chi connectivity index (χ1) is 11.0. The van der Waals surface area contributed by atoms with Crippen molar-refractivity contribution in [1.82, 2.24) is 4.98 Å². The molecule has 1 heterocycles. The lowest BCUT2D eigenvalue weighted by Crippen LogP contribution is -2.05. The Labute approximate surface area is 141 Å². The van der Waals surface area contributed by atoms with Crippen molar-refractivity contribution in [2.45, 2.75) is 40.5 Å². The lowest BCUT2D eigenvalue weighted by molar-refractivity contribution is -0.114. The van der Waals surface area contributed by atoms with E-state index >= 15 is 0 Å². The van der Waals surface area contributed by atoms with Crippen molar-refractivity contribution in [2.75, 3.05) is 12.4 Å². The normalized spacial score (nSPS) is 9.00. The monoisotopic (exact) mass is 318 g/mol. The molecule has 0 aliphatic heterocycles. The highest BCUT2D eigenvalue weighted by Crippen LogP contribution is 2.14. The Morgan fingerprint density at radius 2 is 1.61 bits per heavy atom. The third kappa shape index (κ3) is 9.30. The average molecular weight is 318 g/mol. The van der Waals surface area contributed by atoms with Gasteiger partial charge < -0.3 is 10.1 Å². The summed E-state index contributed by atoms with van der Waals surface area (Å²) in [5, 5.41) is 2.66. The molecule has 0 fully saturated rings. The number of carbonyl (C=O) groups is 1. The molecule has 0 saturated carbocycles. The fraction of sp³-hybridized carbons (Fsp3) is 0.368. The summed E-state index contributed by atoms with van der Waals surface area (Å²) in [6, 6.07) is 11.3. The molecule has 128 valence electrons. The van der Waals surface area contributed by atoms with Crippen LogP contribution >= 0.6 is 0 Å². The van der Waals surface area contributed by atoms with Crippen LogP contribution in [0.1, 0.15) is 47.5 Å². The Morgan fingerprint density at radius 1 is 1.09 bits per heavy atom. The van der Waals surface area contributed by atoms with E-state index in [1.807, 2.05) is 38.4 Å². The topological polar surface area (TPSA) is 51.2 Å². The SMILES string of the molecule is CC.CC(C)c1ccncc1.COc1ccc(NC(C)=O)cc1.[HH]. The Bertz CT molecular complexity index is 543. The van der Waals surface area contributed by atoms with Gasteiger partial charge in [-0.25, -0.2) is 0 Å². The van der Waals surface area contributed by atoms with E-state index in [0.29, 0.717) is 5.92 Å². The number of amides is 1. The molecule has 0 spiro atoms. The number of nitrogens with one attached hydrogen (secondary N) is 1. The highest BCUT2D eigenvalue weighted by molar-refractivity contribution is 5.88. The van der Waals surface area contributed by atoms with Gasteiger partial charge >= 0.3 is 0 Å². The maximum atomic E-state index is 10.6. The molecule has 0 radical (unpaired) electrons. The third-order valence-electron chi connectivity index (χ3n) is 2.78. The van der Waals surface area contributed by atoms with Crippen LogP contribution in [-0.2, 0) is 4.79 Å². The Kier molecular flexibility index (Phi) is 11.0. The predicted molar refractivity (Wildman–Crippen MR) is 99.1 cm³/mol. The molecule has 1 amide bonds. The summed E-state index contributed by atoms with van der Waals surface area (Å²) in [7, 11) is 1.60. The second-order valence-electron chi connectivity index (χ2n) is 4.84. The fourth-order valence-electron chi connectivity index (χ4n) is 1.63. The minimum absolute atomic E-state index is 0. The van der Waals surface area contributed by atoms with Gasteiger partial charge in [0, 0.05) is 26.4 Å². The Morgan fingerprint density at radius 3 is 1.96 bits per heavy atom. The van der Waals surface area contributed by atoms with E-state index in [1.54, 1.807) is 31.4 Å². The molecule has 0 saturated heterocycles. The summed E-state index contributed by atoms with van der Waals surface area (Å²) < 4.78 is 4.96. The molecule has 4 nitrogen and oxygen atoms in total. The molecule has 0 aliphatic carbocycles. The highest BCUT2D eigenvalue weighted by atomic mass is 16.5. The minimum Gasteiger partial charge on any atom is -0.497 e. The molecule has 0 unspecified atom stereocenters. The van der Waals surface area contributed by atoms with Crippen molar-refractivity contribution in [3.05, 3.63) is 54.4 Å². The molecule has 0 atom stereocenters. The van der Waals surface area contributed by atoms with Gasteiger partial charge in [-0.05, 0) is 47.9 Å². The molecule has 0 bridgehead atoms. The smallest absolute Gasteiger partial charge is 0.221 e. The van der Waals surface area contributed by atoms with E-state index in [-0.39, 0.29) is 7.33 Å². The minimum atomic E-state index is -0.0693. The van der Waals surface area contributed by atoms with Crippen LogP contribution in [0.5, 0.6) is 5.75 Å². The maximum absolute atomic E-state index is 10.6. The lowest BCUT2D eigenvalue weighted by atomic mass is 10.1. The number of ether oxygens (including phenoxy) is 1. The summed E-state index contributed by atoms with van der Waals surface area (Å²) in [5.74, 6) is 1.33. The summed E-state index contributed by atoms with van der Waals surface area (Å²) in [6.45, 7) is 9.83. The number of hydrogen-bond acceptors (Lipinski definition) is 3. The van der Waals surface area contributed by atoms with E-state index in [1.165, 1.54) is 12.5 Å². The molecule has 0 aliphatic rings. The van der Waals surface area contributed by atoms with Crippen LogP contribution in [0.15, 0.2) is 48.8 Å². The van der Waals surface area contributed by atoms with E-state index in [0.717, 1.165) is 11.4 Å². The molecule has 1 aromatic heterocycles. The van der Waals surface area contributed by atoms with Gasteiger partial charge in [0.2, 0.25) is 5.91 Å². The van der Waals surface area contributed by atoms with Crippen LogP contribution in [0.25, 0.3) is 0 Å². The van der Waals surface area contributed by atoms with E-state index < -0.39 is 0 Å². The zero-order valence-corrected chi connectivity index (χ0v) is 15.0. The quantitative estimate of drug-likeness (QED) is 0.853. The summed E-state index contributed by atoms with van der Waals surface area (Å²) >= 11 is 0. The van der Waals surface area contributed by atoms with Crippen molar-refractivity contribution in [1.29, 1.82) is 0 Å². The summed E-state index contributed by atoms with van der Waals surface area (Å²) in [5.41, 5.74) is 2.13. The predicted octanol–water partition coefficient (Wildman–Crippen LogP) is 5.13. The van der Waals surface area contributed by atoms with Gasteiger partial charge in [0.1, 0.15) is 5.75 Å². The summed E-state index contributed by atoms with van der Waals surface area (Å²) in [4.78, 5) is 14.6. The molecule has 2 aromatic rings. The Hall–Kier alpha value is -2.36. The van der Waals surface area contributed by atoms with Crippen molar-refractivity contribution in [3.63, 3.8) is 0 Å². The fourth-order valence-corrected chi connectivity index (χ4v) is 1.63. The lowest BCUT2D eigenvalue weighted by Gasteiger charge is -2.02. The molecular formula is C19H30N2O2. The van der Waals surface area contributed by atoms with Gasteiger partial charge in [-0.1, -0.05) is 27.7 Å². The second-order valence-corrected chi connectivity index (χ2v) is 4.84. The number of rotatable bonds is 3. The number of hydrogen-bond donors (Lipinski definition) is 1. The van der Waals surface area contributed by atoms with Gasteiger partial charge in [-0.2, -0.15) is 0 Å². The van der Waals surface area contributed by atoms with Crippen LogP contribution in [0, 0.1) is 0 Å². The number of methoxy groups -OCH3 is 1. The van der Waals surface area contributed by atoms with Gasteiger partial charge in [0.25, 0.3) is 0 Å². The van der Waals surface area contributed by atoms with Gasteiger partial charge in [0.15, 0.2) is 0 Å². The highest BCUT2D eigenvalue weighted by Gasteiger charge is 1.95. The average Bonchev–Trinajstić information content (AvgIpc) is 2.58. The van der Waals surface area contributed by atoms with E-state index in [2.05, 4.69) is 24.1 Å². The molecule has 1 aromatic carbocycles. The summed E-state index contributed by atoms with van der Waals surface area (Å²) in [6.07, 6.45) is 3.66. The van der Waals surface area contributed by atoms with Gasteiger partial charge in [-0.15, -0.1) is 0 Å². The number of pyridine rings is 1. The van der Waals surface area contributed by atoms with Crippen LogP contribution in [0.2, 0.25) is 0 Å². The van der Waals surface area contributed by atoms with Crippen molar-refractivity contribution in [3.8, 4) is 5.75 Å². The largest absolute Gasteiger partial charge is 0.497 e. The maximum Gasteiger partial charge on any atom is 0.221 e. The van der Waals surface area contributed by atoms with Crippen LogP contribution in [0.3, 0.4) is 0 Å². The zero-order valence-electron chi connectivity index (χ0n) is 15.0. The number of benzene rings is 1. The molecular weight excluding hydrogens is 288 g/mol. The van der Waals surface area contributed by atoms with Crippen LogP contribution < -0.4 is 10.1 Å². The standard InChI is InChI=1S/C9H11NO2.C8H11N.C2H6.H2/c1-7(11)10-8-3-5-9(12-2)6-4-8;1-7(2)8-3-5-9-6-4-8;1-2;/h3-6H,1-2H3,(H,10,11);3-7H,1-2H3;1-2H3;1H. The number of nitrogens with zero attached hydrogens (tertiary/aromatic N) is 1. The van der Waals surface area contributed by atoms with Gasteiger partial charge in [0.05, 0.1) is 7.11 Å². The Balaban J connectivity index is 0. The first-order valence-corrected chi connectivity index (χ1v) is 7.84. The second kappa shape index (κ2) is 12.2. The molecule has 1 N–H and O–H groups in total. The van der Waals surface area contributed by atoms with Crippen LogP contribution in [-0.4, -0.2) is 18.0 Å². The number of carbonyl (C=O) groups excluding carboxylic acids is 1. The zero-order chi connectivity index (χ0) is 17.7. The van der Waals surface area contributed by atoms with Gasteiger partial charge in [-0.3, -0.25) is 9.78 Å². The first kappa shape index (κ1) is 20.6. The van der Waals surface area contributed by atoms with Crippen molar-refractivity contribution < 1.29 is 11.0 Å². The molecule has 23 heavy (non-hydrogen) atoms. The molecule has 2 rings (SSSR count). The number of anilines is 1. The number of aromatic nitrogens is 1. The van der Waals surface area contributed by atoms with Crippen molar-refractivity contribution in [2.24, 2.45) is 0 Å². The first-order valence-electron chi connectivity index (χ1n) is 7.84. The van der Waals surface area contributed by atoms with Crippen molar-refractivity contribution >= 4 is 11.6 Å². The van der Waals surface area contributed by atoms with E-state index in [4.69, 9.17) is 4.74 Å². The molecule has 4 heteroatoms. The van der Waals surface area contributed by atoms with E-state index in [9.17, 15) is 4.79 Å². The van der Waals surface area contributed by atoms with Crippen LogP contribution in [0.4, 0.5) is 5.69 Å². The third-order valence-corrected chi connectivity index (χ3v) is 2.78.